The van der Waals surface area contributed by atoms with Crippen LogP contribution >= 0.6 is 0 Å². The first-order valence-corrected chi connectivity index (χ1v) is 9.42. The van der Waals surface area contributed by atoms with Crippen LogP contribution in [0.25, 0.3) is 0 Å². The molecule has 0 spiro atoms. The molecule has 0 heterocycles. The molecule has 1 unspecified atom stereocenters. The van der Waals surface area contributed by atoms with Gasteiger partial charge in [0.05, 0.1) is 0 Å². The van der Waals surface area contributed by atoms with Crippen LogP contribution in [-0.2, 0) is 0 Å². The highest BCUT2D eigenvalue weighted by Crippen LogP contribution is 2.38. The minimum Gasteiger partial charge on any atom is -0.207 e. The Kier molecular flexibility index (Phi) is 5.53. The molecule has 0 aliphatic heterocycles. The average molecular weight is 330 g/mol. The van der Waals surface area contributed by atoms with Crippen molar-refractivity contribution in [3.63, 3.8) is 0 Å². The molecule has 0 N–H and O–H groups in total. The van der Waals surface area contributed by atoms with Gasteiger partial charge < -0.3 is 0 Å². The van der Waals surface area contributed by atoms with Crippen LogP contribution in [-0.4, -0.2) is 0 Å². The minimum atomic E-state index is -0.442. The molecule has 1 fully saturated rings. The van der Waals surface area contributed by atoms with Crippen LogP contribution < -0.4 is 0 Å². The van der Waals surface area contributed by atoms with Crippen LogP contribution in [0.1, 0.15) is 68.9 Å². The van der Waals surface area contributed by atoms with Crippen molar-refractivity contribution in [1.82, 2.24) is 0 Å². The molecule has 3 rings (SSSR count). The fourth-order valence-corrected chi connectivity index (χ4v) is 4.26. The first-order valence-electron chi connectivity index (χ1n) is 9.42. The van der Waals surface area contributed by atoms with E-state index < -0.39 is 11.6 Å². The molecule has 0 aromatic heterocycles. The van der Waals surface area contributed by atoms with Gasteiger partial charge in [0.1, 0.15) is 11.6 Å². The largest absolute Gasteiger partial charge is 0.207 e. The Hall–Kier alpha value is -1.44. The van der Waals surface area contributed by atoms with E-state index in [1.165, 1.54) is 63.2 Å². The molecule has 24 heavy (non-hydrogen) atoms. The van der Waals surface area contributed by atoms with Crippen LogP contribution in [0.15, 0.2) is 35.9 Å². The lowest BCUT2D eigenvalue weighted by Gasteiger charge is -2.30. The van der Waals surface area contributed by atoms with E-state index in [9.17, 15) is 8.78 Å². The molecule has 2 aliphatic carbocycles. The summed E-state index contributed by atoms with van der Waals surface area (Å²) in [6, 6.07) is 2.98. The third-order valence-electron chi connectivity index (χ3n) is 5.87. The summed E-state index contributed by atoms with van der Waals surface area (Å²) in [5, 5.41) is 0. The molecule has 0 saturated heterocycles. The predicted molar refractivity (Wildman–Crippen MR) is 96.0 cm³/mol. The Morgan fingerprint density at radius 3 is 2.25 bits per heavy atom. The topological polar surface area (TPSA) is 0 Å². The molecule has 2 heteroatoms. The van der Waals surface area contributed by atoms with Gasteiger partial charge in [0, 0.05) is 11.5 Å². The highest BCUT2D eigenvalue weighted by Gasteiger charge is 2.24. The molecule has 1 aromatic carbocycles. The summed E-state index contributed by atoms with van der Waals surface area (Å²) >= 11 is 0. The maximum atomic E-state index is 13.8. The van der Waals surface area contributed by atoms with Crippen LogP contribution in [0.5, 0.6) is 0 Å². The van der Waals surface area contributed by atoms with Gasteiger partial charge in [-0.1, -0.05) is 38.0 Å². The van der Waals surface area contributed by atoms with Gasteiger partial charge in [0.2, 0.25) is 0 Å². The molecule has 130 valence electrons. The summed E-state index contributed by atoms with van der Waals surface area (Å²) in [5.74, 6) is 0.812. The van der Waals surface area contributed by atoms with Crippen molar-refractivity contribution in [1.29, 1.82) is 0 Å². The van der Waals surface area contributed by atoms with Crippen molar-refractivity contribution in [2.45, 2.75) is 64.7 Å². The van der Waals surface area contributed by atoms with E-state index in [1.54, 1.807) is 0 Å². The first-order chi connectivity index (χ1) is 11.6. The molecule has 1 saturated carbocycles. The average Bonchev–Trinajstić information content (AvgIpc) is 2.60. The van der Waals surface area contributed by atoms with Crippen molar-refractivity contribution >= 4 is 0 Å². The van der Waals surface area contributed by atoms with Gasteiger partial charge in [0.15, 0.2) is 0 Å². The Balaban J connectivity index is 1.62. The van der Waals surface area contributed by atoms with Crippen LogP contribution in [0, 0.1) is 30.4 Å². The number of hydrogen-bond acceptors (Lipinski definition) is 0. The maximum absolute atomic E-state index is 13.8. The summed E-state index contributed by atoms with van der Waals surface area (Å²) in [6.45, 7) is 3.76. The van der Waals surface area contributed by atoms with Crippen molar-refractivity contribution in [3.8, 4) is 0 Å². The molecule has 2 aliphatic rings. The summed E-state index contributed by atoms with van der Waals surface area (Å²) in [6.07, 6.45) is 15.4. The number of benzene rings is 1. The zero-order valence-corrected chi connectivity index (χ0v) is 14.8. The second kappa shape index (κ2) is 7.63. The third kappa shape index (κ3) is 3.79. The van der Waals surface area contributed by atoms with Crippen LogP contribution in [0.2, 0.25) is 0 Å². The quantitative estimate of drug-likeness (QED) is 0.566. The zero-order chi connectivity index (χ0) is 17.1. The highest BCUT2D eigenvalue weighted by atomic mass is 19.1. The van der Waals surface area contributed by atoms with Gasteiger partial charge in [-0.3, -0.25) is 0 Å². The Morgan fingerprint density at radius 1 is 1.04 bits per heavy atom. The van der Waals surface area contributed by atoms with E-state index in [1.807, 2.05) is 0 Å². The summed E-state index contributed by atoms with van der Waals surface area (Å²) in [5.41, 5.74) is 2.29. The maximum Gasteiger partial charge on any atom is 0.129 e. The van der Waals surface area contributed by atoms with Gasteiger partial charge in [0.25, 0.3) is 0 Å². The second-order valence-corrected chi connectivity index (χ2v) is 7.52. The lowest BCUT2D eigenvalue weighted by Crippen LogP contribution is -2.16. The Labute approximate surface area is 144 Å². The second-order valence-electron chi connectivity index (χ2n) is 7.52. The molecular weight excluding hydrogens is 302 g/mol. The van der Waals surface area contributed by atoms with Crippen LogP contribution in [0.4, 0.5) is 8.78 Å². The highest BCUT2D eigenvalue weighted by molar-refractivity contribution is 5.36. The standard InChI is InChI=1S/C22H28F2/c1-3-4-16-5-7-17(8-6-16)18-9-11-19(12-10-18)20-13-21(23)15(2)22(24)14-20/h9-11,13-14,16-17,19H,3-8,12H2,1-2H3. The van der Waals surface area contributed by atoms with Crippen molar-refractivity contribution < 1.29 is 8.78 Å². The fourth-order valence-electron chi connectivity index (χ4n) is 4.26. The summed E-state index contributed by atoms with van der Waals surface area (Å²) in [7, 11) is 0. The lowest BCUT2D eigenvalue weighted by atomic mass is 9.75. The van der Waals surface area contributed by atoms with Crippen LogP contribution in [0.3, 0.4) is 0 Å². The summed E-state index contributed by atoms with van der Waals surface area (Å²) in [4.78, 5) is 0. The Bertz CT molecular complexity index is 610. The monoisotopic (exact) mass is 330 g/mol. The molecule has 0 nitrogen and oxygen atoms in total. The number of allylic oxidation sites excluding steroid dienone is 4. The van der Waals surface area contributed by atoms with Gasteiger partial charge in [-0.05, 0) is 74.1 Å². The molecular formula is C22H28F2. The SMILES string of the molecule is CCCC1CCC(C2=CCC(c3cc(F)c(C)c(F)c3)C=C2)CC1. The summed E-state index contributed by atoms with van der Waals surface area (Å²) < 4.78 is 27.6. The lowest BCUT2D eigenvalue weighted by molar-refractivity contribution is 0.288. The molecule has 0 bridgehead atoms. The minimum absolute atomic E-state index is 0.0924. The number of hydrogen-bond donors (Lipinski definition) is 0. The van der Waals surface area contributed by atoms with Crippen molar-refractivity contribution in [3.05, 3.63) is 58.7 Å². The van der Waals surface area contributed by atoms with Gasteiger partial charge >= 0.3 is 0 Å². The van der Waals surface area contributed by atoms with Gasteiger partial charge in [-0.2, -0.15) is 0 Å². The predicted octanol–water partition coefficient (Wildman–Crippen LogP) is 6.85. The molecule has 0 amide bonds. The number of rotatable bonds is 4. The van der Waals surface area contributed by atoms with E-state index in [2.05, 4.69) is 25.2 Å². The van der Waals surface area contributed by atoms with E-state index in [4.69, 9.17) is 0 Å². The molecule has 1 aromatic rings. The molecule has 0 radical (unpaired) electrons. The third-order valence-corrected chi connectivity index (χ3v) is 5.87. The van der Waals surface area contributed by atoms with E-state index in [0.717, 1.165) is 17.9 Å². The van der Waals surface area contributed by atoms with E-state index in [-0.39, 0.29) is 11.5 Å². The zero-order valence-electron chi connectivity index (χ0n) is 14.8. The van der Waals surface area contributed by atoms with Crippen molar-refractivity contribution in [2.75, 3.05) is 0 Å². The van der Waals surface area contributed by atoms with Gasteiger partial charge in [-0.15, -0.1) is 0 Å². The van der Waals surface area contributed by atoms with Crippen molar-refractivity contribution in [2.24, 2.45) is 11.8 Å². The number of halogens is 2. The normalized spacial score (nSPS) is 27.2. The van der Waals surface area contributed by atoms with E-state index in [0.29, 0.717) is 5.92 Å². The first kappa shape index (κ1) is 17.4. The smallest absolute Gasteiger partial charge is 0.129 e. The van der Waals surface area contributed by atoms with E-state index >= 15 is 0 Å². The molecule has 1 atom stereocenters. The Morgan fingerprint density at radius 2 is 1.71 bits per heavy atom. The fraction of sp³-hybridized carbons (Fsp3) is 0.545. The van der Waals surface area contributed by atoms with Gasteiger partial charge in [-0.25, -0.2) is 8.78 Å².